The maximum absolute atomic E-state index is 14.9. The van der Waals surface area contributed by atoms with Gasteiger partial charge in [0, 0.05) is 16.3 Å². The second-order valence-electron chi connectivity index (χ2n) is 19.1. The van der Waals surface area contributed by atoms with Crippen LogP contribution in [0.15, 0.2) is 48.8 Å². The van der Waals surface area contributed by atoms with Crippen molar-refractivity contribution < 1.29 is 4.74 Å². The molecule has 0 fully saturated rings. The average Bonchev–Trinajstić information content (AvgIpc) is 3.94. The second kappa shape index (κ2) is 33.9. The van der Waals surface area contributed by atoms with Crippen LogP contribution in [0.1, 0.15) is 233 Å². The minimum atomic E-state index is 0.101. The number of thiophene rings is 2. The lowest BCUT2D eigenvalue weighted by Crippen LogP contribution is -2.26. The van der Waals surface area contributed by atoms with Gasteiger partial charge in [-0.1, -0.05) is 207 Å². The van der Waals surface area contributed by atoms with Crippen LogP contribution in [-0.2, 0) is 6.54 Å². The Morgan fingerprint density at radius 2 is 0.906 bits per heavy atom. The van der Waals surface area contributed by atoms with Crippen LogP contribution >= 0.6 is 54.5 Å². The summed E-state index contributed by atoms with van der Waals surface area (Å²) in [6, 6.07) is 12.8. The summed E-state index contributed by atoms with van der Waals surface area (Å²) in [5.41, 5.74) is 3.64. The quantitative estimate of drug-likeness (QED) is 0.0418. The largest absolute Gasteiger partial charge is 0.477 e. The van der Waals surface area contributed by atoms with Gasteiger partial charge in [-0.05, 0) is 106 Å². The summed E-state index contributed by atoms with van der Waals surface area (Å²) in [7, 11) is 0. The van der Waals surface area contributed by atoms with Gasteiger partial charge in [0.05, 0.1) is 36.3 Å². The van der Waals surface area contributed by atoms with Crippen LogP contribution in [-0.4, -0.2) is 16.2 Å². The predicted octanol–water partition coefficient (Wildman–Crippen LogP) is 20.6. The maximum Gasteiger partial charge on any atom is 0.259 e. The van der Waals surface area contributed by atoms with Crippen molar-refractivity contribution in [2.24, 2.45) is 11.8 Å². The lowest BCUT2D eigenvalue weighted by molar-refractivity contribution is 0.218. The normalized spacial score (nSPS) is 12.7. The molecule has 4 aromatic heterocycles. The van der Waals surface area contributed by atoms with Crippen molar-refractivity contribution in [1.29, 1.82) is 0 Å². The molecular weight excluding hydrogens is 957 g/mol. The van der Waals surface area contributed by atoms with Crippen molar-refractivity contribution in [1.82, 2.24) is 9.55 Å². The van der Waals surface area contributed by atoms with Crippen molar-refractivity contribution >= 4 is 65.6 Å². The first kappa shape index (κ1) is 55.1. The number of fused-ring (bicyclic) bond motifs is 1. The fraction of sp³-hybridized carbons (Fsp3) is 0.714. The molecule has 2 unspecified atom stereocenters. The molecule has 360 valence electrons. The maximum atomic E-state index is 14.9. The monoisotopic (exact) mass is 1040 g/mol. The van der Waals surface area contributed by atoms with Gasteiger partial charge in [0.1, 0.15) is 0 Å². The minimum absolute atomic E-state index is 0.101. The summed E-state index contributed by atoms with van der Waals surface area (Å²) in [6.07, 6.45) is 41.8. The molecule has 2 atom stereocenters. The van der Waals surface area contributed by atoms with E-state index in [0.29, 0.717) is 24.3 Å². The first-order valence-electron chi connectivity index (χ1n) is 26.6. The summed E-state index contributed by atoms with van der Waals surface area (Å²) >= 11 is 10.8. The molecule has 0 aliphatic carbocycles. The Balaban J connectivity index is 1.65. The molecule has 0 aromatic carbocycles. The van der Waals surface area contributed by atoms with Crippen LogP contribution in [0.3, 0.4) is 0 Å². The topological polar surface area (TPSA) is 44.1 Å². The van der Waals surface area contributed by atoms with E-state index in [1.54, 1.807) is 22.7 Å². The Morgan fingerprint density at radius 3 is 1.31 bits per heavy atom. The molecule has 0 aliphatic rings. The highest BCUT2D eigenvalue weighted by Gasteiger charge is 2.22. The zero-order valence-corrected chi connectivity index (χ0v) is 45.7. The van der Waals surface area contributed by atoms with Crippen molar-refractivity contribution in [3.8, 4) is 26.8 Å². The number of nitrogens with zero attached hydrogens (tertiary/aromatic N) is 2. The van der Waals surface area contributed by atoms with E-state index < -0.39 is 0 Å². The van der Waals surface area contributed by atoms with Crippen molar-refractivity contribution in [3.05, 3.63) is 54.3 Å². The molecule has 0 aliphatic heterocycles. The molecule has 0 radical (unpaired) electrons. The minimum Gasteiger partial charge on any atom is -0.477 e. The van der Waals surface area contributed by atoms with E-state index in [2.05, 4.69) is 101 Å². The van der Waals surface area contributed by atoms with Crippen LogP contribution in [0.5, 0.6) is 5.88 Å². The Morgan fingerprint density at radius 1 is 0.516 bits per heavy atom. The van der Waals surface area contributed by atoms with Crippen molar-refractivity contribution in [2.75, 3.05) is 6.61 Å². The average molecular weight is 1050 g/mol. The molecule has 4 aromatic rings. The highest BCUT2D eigenvalue weighted by Crippen LogP contribution is 2.40. The lowest BCUT2D eigenvalue weighted by Gasteiger charge is -2.22. The third kappa shape index (κ3) is 20.8. The van der Waals surface area contributed by atoms with Crippen LogP contribution in [0.4, 0.5) is 0 Å². The van der Waals surface area contributed by atoms with Crippen molar-refractivity contribution in [2.45, 2.75) is 240 Å². The summed E-state index contributed by atoms with van der Waals surface area (Å²) in [5, 5.41) is 0. The van der Waals surface area contributed by atoms with Gasteiger partial charge in [-0.2, -0.15) is 0 Å². The Labute approximate surface area is 416 Å². The van der Waals surface area contributed by atoms with E-state index in [0.717, 1.165) is 46.0 Å². The number of rotatable bonds is 39. The van der Waals surface area contributed by atoms with E-state index in [4.69, 9.17) is 9.72 Å². The number of unbranched alkanes of at least 4 members (excludes halogenated alkanes) is 24. The summed E-state index contributed by atoms with van der Waals surface area (Å²) in [6.45, 7) is 10.6. The van der Waals surface area contributed by atoms with Gasteiger partial charge in [0.15, 0.2) is 0 Å². The summed E-state index contributed by atoms with van der Waals surface area (Å²) in [4.78, 5) is 22.5. The fourth-order valence-corrected chi connectivity index (χ4v) is 12.3. The van der Waals surface area contributed by atoms with E-state index in [9.17, 15) is 4.79 Å². The lowest BCUT2D eigenvalue weighted by atomic mass is 9.93. The number of pyridine rings is 2. The second-order valence-corrected chi connectivity index (χ2v) is 24.0. The zero-order valence-electron chi connectivity index (χ0n) is 40.9. The predicted molar refractivity (Wildman–Crippen MR) is 291 cm³/mol. The van der Waals surface area contributed by atoms with Gasteiger partial charge < -0.3 is 9.30 Å². The molecular formula is C56H88Br2N2O2S2. The van der Waals surface area contributed by atoms with Crippen molar-refractivity contribution in [3.63, 3.8) is 0 Å². The highest BCUT2D eigenvalue weighted by molar-refractivity contribution is 9.11. The zero-order chi connectivity index (χ0) is 45.6. The number of hydrogen-bond donors (Lipinski definition) is 0. The number of ether oxygens (including phenoxy) is 1. The number of hydrogen-bond acceptors (Lipinski definition) is 5. The smallest absolute Gasteiger partial charge is 0.259 e. The molecule has 4 heterocycles. The number of aromatic nitrogens is 2. The Kier molecular flexibility index (Phi) is 29.2. The van der Waals surface area contributed by atoms with Crippen LogP contribution in [0.2, 0.25) is 0 Å². The first-order valence-corrected chi connectivity index (χ1v) is 29.8. The Hall–Kier alpha value is -1.48. The SMILES string of the molecule is CCCCCCCCCCC(CCCCCCCC)COc1nc2cc(-c3ccc(Br)s3)c(=O)n(CC(CCCCCCCC)CCCCCCCCCC)c2cc1-c1ccc(Br)s1. The standard InChI is InChI=1S/C56H88Br2N2O2S2/c1-5-9-13-17-21-23-27-30-34-45(33-29-25-19-15-11-7-3)43-60-50-42-47(51-37-39-53(57)63-51)55(59-49(50)41-48(56(60)61)52-38-40-54(58)64-52)62-44-46(35-31-26-20-16-12-8-4)36-32-28-24-22-18-14-10-6-2/h37-42,45-46H,5-36,43-44H2,1-4H3. The molecule has 64 heavy (non-hydrogen) atoms. The van der Waals surface area contributed by atoms with Gasteiger partial charge >= 0.3 is 0 Å². The molecule has 0 saturated carbocycles. The summed E-state index contributed by atoms with van der Waals surface area (Å²) < 4.78 is 11.2. The first-order chi connectivity index (χ1) is 31.4. The molecule has 4 nitrogen and oxygen atoms in total. The molecule has 0 spiro atoms. The third-order valence-corrected chi connectivity index (χ3v) is 16.8. The number of halogens is 2. The highest BCUT2D eigenvalue weighted by atomic mass is 79.9. The van der Waals surface area contributed by atoms with Crippen LogP contribution in [0.25, 0.3) is 31.9 Å². The molecule has 0 bridgehead atoms. The molecule has 0 amide bonds. The van der Waals surface area contributed by atoms with E-state index >= 15 is 0 Å². The Bertz CT molecular complexity index is 1870. The van der Waals surface area contributed by atoms with E-state index in [-0.39, 0.29) is 5.56 Å². The third-order valence-electron chi connectivity index (χ3n) is 13.5. The molecule has 0 saturated heterocycles. The van der Waals surface area contributed by atoms with Crippen LogP contribution in [0, 0.1) is 11.8 Å². The van der Waals surface area contributed by atoms with Crippen LogP contribution < -0.4 is 10.3 Å². The summed E-state index contributed by atoms with van der Waals surface area (Å²) in [5.74, 6) is 1.67. The molecule has 4 rings (SSSR count). The van der Waals surface area contributed by atoms with Gasteiger partial charge in [-0.3, -0.25) is 4.79 Å². The molecule has 8 heteroatoms. The van der Waals surface area contributed by atoms with E-state index in [1.807, 2.05) is 0 Å². The van der Waals surface area contributed by atoms with E-state index in [1.165, 1.54) is 205 Å². The van der Waals surface area contributed by atoms with Gasteiger partial charge in [-0.15, -0.1) is 22.7 Å². The van der Waals surface area contributed by atoms with Gasteiger partial charge in [0.2, 0.25) is 5.88 Å². The molecule has 0 N–H and O–H groups in total. The van der Waals surface area contributed by atoms with Gasteiger partial charge in [0.25, 0.3) is 5.56 Å². The fourth-order valence-electron chi connectivity index (χ4n) is 9.49. The van der Waals surface area contributed by atoms with Gasteiger partial charge in [-0.25, -0.2) is 4.98 Å².